The van der Waals surface area contributed by atoms with E-state index >= 15 is 0 Å². The molecule has 0 atom stereocenters. The zero-order chi connectivity index (χ0) is 13.0. The predicted octanol–water partition coefficient (Wildman–Crippen LogP) is 1.17. The molecule has 106 valence electrons. The van der Waals surface area contributed by atoms with Gasteiger partial charge in [0.25, 0.3) is 0 Å². The molecule has 0 aromatic rings. The van der Waals surface area contributed by atoms with Crippen LogP contribution in [0.3, 0.4) is 0 Å². The Hall–Kier alpha value is -0.610. The van der Waals surface area contributed by atoms with Crippen LogP contribution >= 0.6 is 0 Å². The standard InChI is InChI=1S/C14H27N3O.H2/c1-3-17-8-6-12(7-9-17)4-5-14(18)15-13-10-16(2)11-13;/h12-13H,3-11H2,1-2H3,(H,15,18);1H. The maximum atomic E-state index is 11.8. The lowest BCUT2D eigenvalue weighted by atomic mass is 9.92. The van der Waals surface area contributed by atoms with Crippen LogP contribution in [-0.2, 0) is 4.79 Å². The molecule has 2 heterocycles. The van der Waals surface area contributed by atoms with Gasteiger partial charge in [-0.2, -0.15) is 0 Å². The van der Waals surface area contributed by atoms with E-state index in [9.17, 15) is 4.79 Å². The molecule has 0 bridgehead atoms. The summed E-state index contributed by atoms with van der Waals surface area (Å²) in [5.74, 6) is 1.02. The first-order valence-corrected chi connectivity index (χ1v) is 7.37. The molecular weight excluding hydrogens is 226 g/mol. The fourth-order valence-corrected chi connectivity index (χ4v) is 3.02. The van der Waals surface area contributed by atoms with Gasteiger partial charge in [-0.15, -0.1) is 0 Å². The smallest absolute Gasteiger partial charge is 0.220 e. The molecule has 0 aliphatic carbocycles. The van der Waals surface area contributed by atoms with Crippen LogP contribution in [-0.4, -0.2) is 61.5 Å². The second-order valence-corrected chi connectivity index (χ2v) is 5.90. The summed E-state index contributed by atoms with van der Waals surface area (Å²) in [6, 6.07) is 0.407. The lowest BCUT2D eigenvalue weighted by molar-refractivity contribution is -0.123. The molecule has 4 nitrogen and oxygen atoms in total. The van der Waals surface area contributed by atoms with Crippen LogP contribution in [0.1, 0.15) is 34.0 Å². The Kier molecular flexibility index (Phi) is 5.01. The van der Waals surface area contributed by atoms with Crippen molar-refractivity contribution in [3.05, 3.63) is 0 Å². The Labute approximate surface area is 112 Å². The van der Waals surface area contributed by atoms with Crippen molar-refractivity contribution in [3.63, 3.8) is 0 Å². The summed E-state index contributed by atoms with van der Waals surface area (Å²) in [6.45, 7) is 7.86. The largest absolute Gasteiger partial charge is 0.351 e. The summed E-state index contributed by atoms with van der Waals surface area (Å²) in [6.07, 6.45) is 4.34. The molecule has 0 saturated carbocycles. The number of rotatable bonds is 5. The molecule has 2 fully saturated rings. The molecule has 2 aliphatic rings. The summed E-state index contributed by atoms with van der Waals surface area (Å²) >= 11 is 0. The quantitative estimate of drug-likeness (QED) is 0.801. The molecule has 0 radical (unpaired) electrons. The van der Waals surface area contributed by atoms with Gasteiger partial charge in [-0.05, 0) is 51.9 Å². The molecule has 0 unspecified atom stereocenters. The number of likely N-dealkylation sites (N-methyl/N-ethyl adjacent to an activating group) is 1. The number of hydrogen-bond donors (Lipinski definition) is 1. The third-order valence-electron chi connectivity index (χ3n) is 4.36. The number of carbonyl (C=O) groups is 1. The van der Waals surface area contributed by atoms with Crippen LogP contribution in [0.5, 0.6) is 0 Å². The van der Waals surface area contributed by atoms with Crippen LogP contribution < -0.4 is 5.32 Å². The first kappa shape index (κ1) is 13.8. The van der Waals surface area contributed by atoms with Crippen LogP contribution in [0, 0.1) is 5.92 Å². The molecule has 1 N–H and O–H groups in total. The number of nitrogens with zero attached hydrogens (tertiary/aromatic N) is 2. The van der Waals surface area contributed by atoms with Gasteiger partial charge in [0.15, 0.2) is 0 Å². The Morgan fingerprint density at radius 3 is 2.56 bits per heavy atom. The van der Waals surface area contributed by atoms with Gasteiger partial charge in [-0.1, -0.05) is 6.92 Å². The number of piperidine rings is 1. The maximum Gasteiger partial charge on any atom is 0.220 e. The number of amides is 1. The second-order valence-electron chi connectivity index (χ2n) is 5.90. The number of likely N-dealkylation sites (tertiary alicyclic amines) is 2. The molecular formula is C14H29N3O. The summed E-state index contributed by atoms with van der Waals surface area (Å²) in [5.41, 5.74) is 0. The first-order valence-electron chi connectivity index (χ1n) is 7.37. The minimum Gasteiger partial charge on any atom is -0.351 e. The SMILES string of the molecule is CCN1CCC(CCC(=O)NC2CN(C)C2)CC1.[HH]. The monoisotopic (exact) mass is 255 g/mol. The van der Waals surface area contributed by atoms with Crippen LogP contribution in [0.15, 0.2) is 0 Å². The van der Waals surface area contributed by atoms with Gasteiger partial charge >= 0.3 is 0 Å². The predicted molar refractivity (Wildman–Crippen MR) is 75.6 cm³/mol. The van der Waals surface area contributed by atoms with Gasteiger partial charge in [0.2, 0.25) is 5.91 Å². The Morgan fingerprint density at radius 1 is 1.33 bits per heavy atom. The van der Waals surface area contributed by atoms with Gasteiger partial charge in [0.1, 0.15) is 0 Å². The van der Waals surface area contributed by atoms with Gasteiger partial charge in [0, 0.05) is 20.9 Å². The van der Waals surface area contributed by atoms with Crippen molar-refractivity contribution in [2.45, 2.75) is 38.6 Å². The van der Waals surface area contributed by atoms with Gasteiger partial charge in [0.05, 0.1) is 6.04 Å². The molecule has 2 aliphatic heterocycles. The van der Waals surface area contributed by atoms with Crippen molar-refractivity contribution in [1.29, 1.82) is 0 Å². The van der Waals surface area contributed by atoms with Crippen LogP contribution in [0.2, 0.25) is 0 Å². The van der Waals surface area contributed by atoms with Gasteiger partial charge in [-0.25, -0.2) is 0 Å². The Bertz CT molecular complexity index is 274. The molecule has 18 heavy (non-hydrogen) atoms. The molecule has 4 heteroatoms. The van der Waals surface area contributed by atoms with E-state index in [-0.39, 0.29) is 7.33 Å². The molecule has 2 saturated heterocycles. The average Bonchev–Trinajstić information content (AvgIpc) is 2.35. The zero-order valence-corrected chi connectivity index (χ0v) is 11.8. The van der Waals surface area contributed by atoms with Gasteiger partial charge in [-0.3, -0.25) is 4.79 Å². The maximum absolute atomic E-state index is 11.8. The van der Waals surface area contributed by atoms with Crippen molar-refractivity contribution in [3.8, 4) is 0 Å². The molecule has 0 spiro atoms. The highest BCUT2D eigenvalue weighted by atomic mass is 16.1. The minimum atomic E-state index is 0. The fraction of sp³-hybridized carbons (Fsp3) is 0.929. The van der Waals surface area contributed by atoms with E-state index in [0.29, 0.717) is 6.04 Å². The number of nitrogens with one attached hydrogen (secondary N) is 1. The highest BCUT2D eigenvalue weighted by Crippen LogP contribution is 2.21. The van der Waals surface area contributed by atoms with Crippen molar-refractivity contribution in [1.82, 2.24) is 15.1 Å². The highest BCUT2D eigenvalue weighted by molar-refractivity contribution is 5.76. The summed E-state index contributed by atoms with van der Waals surface area (Å²) in [7, 11) is 2.09. The van der Waals surface area contributed by atoms with Crippen LogP contribution in [0.4, 0.5) is 0 Å². The lowest BCUT2D eigenvalue weighted by Crippen LogP contribution is -2.57. The average molecular weight is 255 g/mol. The minimum absolute atomic E-state index is 0. The summed E-state index contributed by atoms with van der Waals surface area (Å²) < 4.78 is 0. The fourth-order valence-electron chi connectivity index (χ4n) is 3.02. The van der Waals surface area contributed by atoms with E-state index < -0.39 is 0 Å². The normalized spacial score (nSPS) is 23.9. The van der Waals surface area contributed by atoms with Crippen molar-refractivity contribution in [2.24, 2.45) is 5.92 Å². The van der Waals surface area contributed by atoms with E-state index in [4.69, 9.17) is 0 Å². The van der Waals surface area contributed by atoms with E-state index in [1.165, 1.54) is 32.5 Å². The topological polar surface area (TPSA) is 35.6 Å². The van der Waals surface area contributed by atoms with E-state index in [1.807, 2.05) is 0 Å². The van der Waals surface area contributed by atoms with Crippen LogP contribution in [0.25, 0.3) is 0 Å². The number of hydrogen-bond acceptors (Lipinski definition) is 3. The lowest BCUT2D eigenvalue weighted by Gasteiger charge is -2.36. The van der Waals surface area contributed by atoms with E-state index in [1.54, 1.807) is 0 Å². The Balaban J connectivity index is 0.00000180. The summed E-state index contributed by atoms with van der Waals surface area (Å²) in [5, 5.41) is 3.12. The molecule has 2 rings (SSSR count). The van der Waals surface area contributed by atoms with Crippen molar-refractivity contribution >= 4 is 5.91 Å². The van der Waals surface area contributed by atoms with E-state index in [2.05, 4.69) is 29.1 Å². The van der Waals surface area contributed by atoms with Crippen molar-refractivity contribution in [2.75, 3.05) is 39.8 Å². The second kappa shape index (κ2) is 6.53. The molecule has 1 amide bonds. The zero-order valence-electron chi connectivity index (χ0n) is 11.8. The first-order chi connectivity index (χ1) is 8.67. The summed E-state index contributed by atoms with van der Waals surface area (Å²) in [4.78, 5) is 16.5. The molecule has 0 aromatic heterocycles. The number of carbonyl (C=O) groups excluding carboxylic acids is 1. The van der Waals surface area contributed by atoms with E-state index in [0.717, 1.165) is 31.8 Å². The third-order valence-corrected chi connectivity index (χ3v) is 4.36. The van der Waals surface area contributed by atoms with Gasteiger partial charge < -0.3 is 15.1 Å². The highest BCUT2D eigenvalue weighted by Gasteiger charge is 2.25. The molecule has 0 aromatic carbocycles. The third kappa shape index (κ3) is 3.95. The Morgan fingerprint density at radius 2 is 2.00 bits per heavy atom. The van der Waals surface area contributed by atoms with Crippen molar-refractivity contribution < 1.29 is 6.22 Å².